The molecule has 0 unspecified atom stereocenters. The molecule has 2 heterocycles. The lowest BCUT2D eigenvalue weighted by Gasteiger charge is -2.26. The van der Waals surface area contributed by atoms with Gasteiger partial charge in [-0.3, -0.25) is 0 Å². The molecule has 1 aromatic heterocycles. The zero-order valence-electron chi connectivity index (χ0n) is 20.9. The maximum absolute atomic E-state index is 6.53. The van der Waals surface area contributed by atoms with Crippen LogP contribution in [0.1, 0.15) is 43.7 Å². The van der Waals surface area contributed by atoms with E-state index in [1.54, 1.807) is 6.20 Å². The molecule has 0 spiro atoms. The number of hydrogen-bond acceptors (Lipinski definition) is 6. The van der Waals surface area contributed by atoms with Crippen molar-refractivity contribution in [2.45, 2.75) is 45.6 Å². The minimum absolute atomic E-state index is 0.0404. The van der Waals surface area contributed by atoms with Gasteiger partial charge in [-0.2, -0.15) is 4.98 Å². The Balaban J connectivity index is 1.46. The maximum atomic E-state index is 6.53. The van der Waals surface area contributed by atoms with Crippen LogP contribution in [-0.2, 0) is 0 Å². The lowest BCUT2D eigenvalue weighted by Crippen LogP contribution is -2.27. The van der Waals surface area contributed by atoms with Crippen LogP contribution in [0.5, 0.6) is 5.75 Å². The number of aryl methyl sites for hydroxylation is 1. The molecule has 1 aliphatic heterocycles. The summed E-state index contributed by atoms with van der Waals surface area (Å²) in [6, 6.07) is 18.7. The second-order valence-electron chi connectivity index (χ2n) is 9.56. The number of piperidine rings is 1. The molecule has 3 aromatic carbocycles. The van der Waals surface area contributed by atoms with Gasteiger partial charge in [0.15, 0.2) is 5.82 Å². The van der Waals surface area contributed by atoms with E-state index in [0.29, 0.717) is 22.7 Å². The molecule has 0 saturated carbocycles. The van der Waals surface area contributed by atoms with Crippen molar-refractivity contribution >= 4 is 45.5 Å². The number of aromatic nitrogens is 2. The fourth-order valence-electron chi connectivity index (χ4n) is 4.82. The second-order valence-corrected chi connectivity index (χ2v) is 9.97. The van der Waals surface area contributed by atoms with Gasteiger partial charge in [0.1, 0.15) is 10.8 Å². The van der Waals surface area contributed by atoms with Crippen molar-refractivity contribution in [2.75, 3.05) is 23.7 Å². The molecule has 5 rings (SSSR count). The molecule has 36 heavy (non-hydrogen) atoms. The van der Waals surface area contributed by atoms with E-state index in [2.05, 4.69) is 58.2 Å². The fraction of sp³-hybridized carbons (Fsp3) is 0.310. The van der Waals surface area contributed by atoms with Crippen molar-refractivity contribution in [1.29, 1.82) is 0 Å². The molecular weight excluding hydrogens is 470 g/mol. The van der Waals surface area contributed by atoms with Gasteiger partial charge < -0.3 is 20.7 Å². The molecule has 1 saturated heterocycles. The Morgan fingerprint density at radius 3 is 2.58 bits per heavy atom. The number of nitrogens with one attached hydrogen (secondary N) is 3. The van der Waals surface area contributed by atoms with Crippen LogP contribution in [0.25, 0.3) is 10.8 Å². The first-order chi connectivity index (χ1) is 17.5. The molecule has 0 amide bonds. The summed E-state index contributed by atoms with van der Waals surface area (Å²) in [5.74, 6) is 2.33. The highest BCUT2D eigenvalue weighted by atomic mass is 35.5. The number of benzene rings is 3. The summed E-state index contributed by atoms with van der Waals surface area (Å²) in [7, 11) is 0. The van der Waals surface area contributed by atoms with E-state index >= 15 is 0 Å². The number of ether oxygens (including phenoxy) is 1. The zero-order valence-corrected chi connectivity index (χ0v) is 21.7. The van der Waals surface area contributed by atoms with Gasteiger partial charge in [-0.05, 0) is 87.3 Å². The Hall–Kier alpha value is -3.35. The van der Waals surface area contributed by atoms with Crippen molar-refractivity contribution in [2.24, 2.45) is 0 Å². The van der Waals surface area contributed by atoms with Gasteiger partial charge in [0, 0.05) is 11.1 Å². The van der Waals surface area contributed by atoms with E-state index in [9.17, 15) is 0 Å². The standard InChI is InChI=1S/C29H32ClN5O/c1-18(2)36-27-16-23(21-11-13-31-14-12-21)19(3)15-26(27)33-28-24(30)17-32-29(35-28)34-25-10-6-8-20-7-4-5-9-22(20)25/h4-10,15-18,21,31H,11-14H2,1-3H3,(H2,32,33,34,35). The maximum Gasteiger partial charge on any atom is 0.229 e. The van der Waals surface area contributed by atoms with Gasteiger partial charge in [-0.15, -0.1) is 0 Å². The summed E-state index contributed by atoms with van der Waals surface area (Å²) in [5.41, 5.74) is 4.37. The predicted octanol–water partition coefficient (Wildman–Crippen LogP) is 7.33. The fourth-order valence-corrected chi connectivity index (χ4v) is 4.96. The highest BCUT2D eigenvalue weighted by molar-refractivity contribution is 6.33. The van der Waals surface area contributed by atoms with Gasteiger partial charge in [-0.25, -0.2) is 4.98 Å². The average Bonchev–Trinajstić information content (AvgIpc) is 2.88. The molecular formula is C29H32ClN5O. The van der Waals surface area contributed by atoms with Gasteiger partial charge in [0.2, 0.25) is 5.95 Å². The van der Waals surface area contributed by atoms with Crippen molar-refractivity contribution in [3.8, 4) is 5.75 Å². The van der Waals surface area contributed by atoms with Crippen LogP contribution >= 0.6 is 11.6 Å². The monoisotopic (exact) mass is 501 g/mol. The Bertz CT molecular complexity index is 1360. The first-order valence-corrected chi connectivity index (χ1v) is 12.9. The minimum atomic E-state index is 0.0404. The van der Waals surface area contributed by atoms with Crippen molar-refractivity contribution < 1.29 is 4.74 Å². The Morgan fingerprint density at radius 2 is 1.78 bits per heavy atom. The van der Waals surface area contributed by atoms with Crippen LogP contribution in [0.3, 0.4) is 0 Å². The third-order valence-electron chi connectivity index (χ3n) is 6.54. The number of hydrogen-bond donors (Lipinski definition) is 3. The van der Waals surface area contributed by atoms with Crippen LogP contribution in [-0.4, -0.2) is 29.2 Å². The lowest BCUT2D eigenvalue weighted by atomic mass is 9.87. The molecule has 0 aliphatic carbocycles. The highest BCUT2D eigenvalue weighted by Gasteiger charge is 2.21. The van der Waals surface area contributed by atoms with Crippen molar-refractivity contribution in [1.82, 2.24) is 15.3 Å². The molecule has 0 bridgehead atoms. The Labute approximate surface area is 217 Å². The van der Waals surface area contributed by atoms with Crippen LogP contribution in [0.15, 0.2) is 60.8 Å². The van der Waals surface area contributed by atoms with Crippen molar-refractivity contribution in [3.63, 3.8) is 0 Å². The summed E-state index contributed by atoms with van der Waals surface area (Å²) in [4.78, 5) is 9.12. The van der Waals surface area contributed by atoms with Gasteiger partial charge in [-0.1, -0.05) is 48.0 Å². The van der Waals surface area contributed by atoms with E-state index in [1.165, 1.54) is 11.1 Å². The van der Waals surface area contributed by atoms with E-state index < -0.39 is 0 Å². The van der Waals surface area contributed by atoms with Gasteiger partial charge >= 0.3 is 0 Å². The van der Waals surface area contributed by atoms with Crippen molar-refractivity contribution in [3.05, 3.63) is 76.9 Å². The van der Waals surface area contributed by atoms with Gasteiger partial charge in [0.25, 0.3) is 0 Å². The van der Waals surface area contributed by atoms with Crippen LogP contribution < -0.4 is 20.7 Å². The zero-order chi connectivity index (χ0) is 25.1. The summed E-state index contributed by atoms with van der Waals surface area (Å²) >= 11 is 6.53. The number of rotatable bonds is 7. The summed E-state index contributed by atoms with van der Waals surface area (Å²) in [6.45, 7) is 8.34. The van der Waals surface area contributed by atoms with E-state index in [-0.39, 0.29) is 6.10 Å². The molecule has 3 N–H and O–H groups in total. The lowest BCUT2D eigenvalue weighted by molar-refractivity contribution is 0.243. The number of anilines is 4. The largest absolute Gasteiger partial charge is 0.489 e. The molecule has 0 radical (unpaired) electrons. The van der Waals surface area contributed by atoms with Crippen LogP contribution in [0.2, 0.25) is 5.02 Å². The van der Waals surface area contributed by atoms with E-state index in [1.807, 2.05) is 38.1 Å². The first kappa shape index (κ1) is 24.3. The number of fused-ring (bicyclic) bond motifs is 1. The third-order valence-corrected chi connectivity index (χ3v) is 6.82. The van der Waals surface area contributed by atoms with Gasteiger partial charge in [0.05, 0.1) is 18.0 Å². The summed E-state index contributed by atoms with van der Waals surface area (Å²) in [6.07, 6.45) is 3.92. The highest BCUT2D eigenvalue weighted by Crippen LogP contribution is 2.38. The summed E-state index contributed by atoms with van der Waals surface area (Å²) in [5, 5.41) is 12.9. The number of halogens is 1. The average molecular weight is 502 g/mol. The van der Waals surface area contributed by atoms with Crippen LogP contribution in [0.4, 0.5) is 23.1 Å². The SMILES string of the molecule is Cc1cc(Nc2nc(Nc3cccc4ccccc34)ncc2Cl)c(OC(C)C)cc1C1CCNCC1. The molecule has 6 nitrogen and oxygen atoms in total. The molecule has 1 aliphatic rings. The summed E-state index contributed by atoms with van der Waals surface area (Å²) < 4.78 is 6.24. The first-order valence-electron chi connectivity index (χ1n) is 12.5. The topological polar surface area (TPSA) is 71.1 Å². The Kier molecular flexibility index (Phi) is 7.25. The molecule has 4 aromatic rings. The third kappa shape index (κ3) is 5.40. The number of nitrogens with zero attached hydrogens (tertiary/aromatic N) is 2. The second kappa shape index (κ2) is 10.7. The molecule has 186 valence electrons. The Morgan fingerprint density at radius 1 is 1.00 bits per heavy atom. The predicted molar refractivity (Wildman–Crippen MR) is 149 cm³/mol. The molecule has 1 fully saturated rings. The minimum Gasteiger partial charge on any atom is -0.489 e. The molecule has 7 heteroatoms. The van der Waals surface area contributed by atoms with E-state index in [4.69, 9.17) is 21.3 Å². The molecule has 0 atom stereocenters. The quantitative estimate of drug-likeness (QED) is 0.246. The normalized spacial score (nSPS) is 14.2. The van der Waals surface area contributed by atoms with Crippen LogP contribution in [0, 0.1) is 6.92 Å². The van der Waals surface area contributed by atoms with E-state index in [0.717, 1.165) is 53.8 Å². The smallest absolute Gasteiger partial charge is 0.229 e.